The molecule has 30 heavy (non-hydrogen) atoms. The Morgan fingerprint density at radius 3 is 2.57 bits per heavy atom. The molecule has 2 atom stereocenters. The van der Waals surface area contributed by atoms with E-state index < -0.39 is 23.7 Å². The lowest BCUT2D eigenvalue weighted by atomic mass is 10.0. The minimum absolute atomic E-state index is 0.0807. The van der Waals surface area contributed by atoms with Gasteiger partial charge in [-0.05, 0) is 42.3 Å². The summed E-state index contributed by atoms with van der Waals surface area (Å²) in [5.74, 6) is -0.292. The maximum absolute atomic E-state index is 12.9. The maximum Gasteiger partial charge on any atom is 0.416 e. The van der Waals surface area contributed by atoms with Gasteiger partial charge >= 0.3 is 6.18 Å². The number of hydrogen-bond donors (Lipinski definition) is 1. The highest BCUT2D eigenvalue weighted by molar-refractivity contribution is 5.89. The highest BCUT2D eigenvalue weighted by atomic mass is 19.4. The van der Waals surface area contributed by atoms with Gasteiger partial charge in [-0.1, -0.05) is 24.3 Å². The van der Waals surface area contributed by atoms with Crippen molar-refractivity contribution >= 4 is 11.8 Å². The third kappa shape index (κ3) is 5.11. The van der Waals surface area contributed by atoms with E-state index in [0.29, 0.717) is 17.9 Å². The minimum atomic E-state index is -4.44. The van der Waals surface area contributed by atoms with Crippen molar-refractivity contribution in [1.29, 1.82) is 0 Å². The summed E-state index contributed by atoms with van der Waals surface area (Å²) >= 11 is 0. The number of carbonyl (C=O) groups excluding carboxylic acids is 2. The molecule has 8 heteroatoms. The Hall–Kier alpha value is -3.03. The number of nitrogens with zero attached hydrogens (tertiary/aromatic N) is 1. The number of carbonyl (C=O) groups is 2. The highest BCUT2D eigenvalue weighted by Gasteiger charge is 2.35. The molecule has 1 heterocycles. The Kier molecular flexibility index (Phi) is 6.34. The number of halogens is 3. The van der Waals surface area contributed by atoms with Gasteiger partial charge in [0, 0.05) is 19.5 Å². The van der Waals surface area contributed by atoms with Crippen molar-refractivity contribution in [2.75, 3.05) is 13.7 Å². The molecule has 1 fully saturated rings. The molecule has 3 rings (SSSR count). The lowest BCUT2D eigenvalue weighted by Gasteiger charge is -2.19. The van der Waals surface area contributed by atoms with Gasteiger partial charge in [0.25, 0.3) is 0 Å². The first kappa shape index (κ1) is 21.7. The van der Waals surface area contributed by atoms with Crippen molar-refractivity contribution in [2.24, 2.45) is 5.92 Å². The SMILES string of the molecule is COc1ccc(CN2CC(C(=O)NC(C)c3cccc(C(F)(F)F)c3)CC2=O)cc1. The van der Waals surface area contributed by atoms with Crippen LogP contribution in [0, 0.1) is 5.92 Å². The molecule has 1 aliphatic rings. The van der Waals surface area contributed by atoms with Crippen molar-refractivity contribution in [1.82, 2.24) is 10.2 Å². The first-order valence-corrected chi connectivity index (χ1v) is 9.55. The quantitative estimate of drug-likeness (QED) is 0.770. The summed E-state index contributed by atoms with van der Waals surface area (Å²) < 4.78 is 43.8. The zero-order valence-corrected chi connectivity index (χ0v) is 16.7. The van der Waals surface area contributed by atoms with Crippen molar-refractivity contribution in [3.8, 4) is 5.75 Å². The van der Waals surface area contributed by atoms with E-state index in [-0.39, 0.29) is 24.8 Å². The summed E-state index contributed by atoms with van der Waals surface area (Å²) in [5.41, 5.74) is 0.517. The standard InChI is InChI=1S/C22H23F3N2O3/c1-14(16-4-3-5-18(10-16)22(23,24)25)26-21(29)17-11-20(28)27(13-17)12-15-6-8-19(30-2)9-7-15/h3-10,14,17H,11-13H2,1-2H3,(H,26,29). The fraction of sp³-hybridized carbons (Fsp3) is 0.364. The van der Waals surface area contributed by atoms with Crippen LogP contribution in [0.4, 0.5) is 13.2 Å². The van der Waals surface area contributed by atoms with Gasteiger partial charge in [-0.25, -0.2) is 0 Å². The van der Waals surface area contributed by atoms with Gasteiger partial charge in [0.2, 0.25) is 11.8 Å². The molecule has 1 N–H and O–H groups in total. The van der Waals surface area contributed by atoms with Crippen molar-refractivity contribution in [3.63, 3.8) is 0 Å². The Bertz CT molecular complexity index is 913. The summed E-state index contributed by atoms with van der Waals surface area (Å²) in [7, 11) is 1.57. The van der Waals surface area contributed by atoms with Gasteiger partial charge in [-0.2, -0.15) is 13.2 Å². The molecule has 0 radical (unpaired) electrons. The van der Waals surface area contributed by atoms with Gasteiger partial charge < -0.3 is 15.0 Å². The van der Waals surface area contributed by atoms with E-state index in [9.17, 15) is 22.8 Å². The Morgan fingerprint density at radius 2 is 1.93 bits per heavy atom. The summed E-state index contributed by atoms with van der Waals surface area (Å²) in [5, 5.41) is 2.74. The van der Waals surface area contributed by atoms with E-state index in [1.54, 1.807) is 31.1 Å². The van der Waals surface area contributed by atoms with E-state index >= 15 is 0 Å². The van der Waals surface area contributed by atoms with Gasteiger partial charge in [0.05, 0.1) is 24.6 Å². The van der Waals surface area contributed by atoms with Crippen LogP contribution in [0.5, 0.6) is 5.75 Å². The third-order valence-corrected chi connectivity index (χ3v) is 5.19. The van der Waals surface area contributed by atoms with Crippen LogP contribution in [0.2, 0.25) is 0 Å². The molecule has 0 bridgehead atoms. The van der Waals surface area contributed by atoms with E-state index in [0.717, 1.165) is 17.7 Å². The van der Waals surface area contributed by atoms with Crippen LogP contribution in [0.3, 0.4) is 0 Å². The summed E-state index contributed by atoms with van der Waals surface area (Å²) in [6.45, 7) is 2.28. The molecule has 2 aromatic rings. The number of amides is 2. The molecule has 0 saturated carbocycles. The van der Waals surface area contributed by atoms with Crippen LogP contribution < -0.4 is 10.1 Å². The number of nitrogens with one attached hydrogen (secondary N) is 1. The van der Waals surface area contributed by atoms with Crippen LogP contribution in [-0.2, 0) is 22.3 Å². The molecule has 1 aliphatic heterocycles. The fourth-order valence-corrected chi connectivity index (χ4v) is 3.45. The summed E-state index contributed by atoms with van der Waals surface area (Å²) in [6.07, 6.45) is -4.36. The second-order valence-corrected chi connectivity index (χ2v) is 7.38. The Morgan fingerprint density at radius 1 is 1.23 bits per heavy atom. The zero-order chi connectivity index (χ0) is 21.9. The summed E-state index contributed by atoms with van der Waals surface area (Å²) in [6, 6.07) is 11.6. The molecule has 2 amide bonds. The van der Waals surface area contributed by atoms with Crippen LogP contribution in [0.25, 0.3) is 0 Å². The molecule has 2 aromatic carbocycles. The molecule has 5 nitrogen and oxygen atoms in total. The summed E-state index contributed by atoms with van der Waals surface area (Å²) in [4.78, 5) is 26.5. The molecule has 160 valence electrons. The lowest BCUT2D eigenvalue weighted by Crippen LogP contribution is -2.34. The van der Waals surface area contributed by atoms with Crippen molar-refractivity contribution in [3.05, 3.63) is 65.2 Å². The Labute approximate surface area is 172 Å². The normalized spacial score (nSPS) is 17.7. The molecule has 0 spiro atoms. The monoisotopic (exact) mass is 420 g/mol. The van der Waals surface area contributed by atoms with E-state index in [1.807, 2.05) is 12.1 Å². The number of rotatable bonds is 6. The molecule has 0 aromatic heterocycles. The number of likely N-dealkylation sites (tertiary alicyclic amines) is 1. The predicted octanol–water partition coefficient (Wildman–Crippen LogP) is 3.94. The van der Waals surface area contributed by atoms with Gasteiger partial charge in [0.15, 0.2) is 0 Å². The second-order valence-electron chi connectivity index (χ2n) is 7.38. The second kappa shape index (κ2) is 8.77. The van der Waals surface area contributed by atoms with Crippen LogP contribution >= 0.6 is 0 Å². The van der Waals surface area contributed by atoms with Gasteiger partial charge in [0.1, 0.15) is 5.75 Å². The average Bonchev–Trinajstić information content (AvgIpc) is 3.08. The largest absolute Gasteiger partial charge is 0.497 e. The van der Waals surface area contributed by atoms with Crippen LogP contribution in [0.1, 0.15) is 36.1 Å². The molecule has 1 saturated heterocycles. The number of benzene rings is 2. The molecular formula is C22H23F3N2O3. The Balaban J connectivity index is 1.60. The van der Waals surface area contributed by atoms with Gasteiger partial charge in [-0.15, -0.1) is 0 Å². The number of hydrogen-bond acceptors (Lipinski definition) is 3. The average molecular weight is 420 g/mol. The highest BCUT2D eigenvalue weighted by Crippen LogP contribution is 2.31. The van der Waals surface area contributed by atoms with Crippen molar-refractivity contribution in [2.45, 2.75) is 32.1 Å². The smallest absolute Gasteiger partial charge is 0.416 e. The van der Waals surface area contributed by atoms with E-state index in [1.165, 1.54) is 12.1 Å². The number of methoxy groups -OCH3 is 1. The number of ether oxygens (including phenoxy) is 1. The first-order valence-electron chi connectivity index (χ1n) is 9.55. The lowest BCUT2D eigenvalue weighted by molar-refractivity contribution is -0.137. The first-order chi connectivity index (χ1) is 14.2. The zero-order valence-electron chi connectivity index (χ0n) is 16.7. The van der Waals surface area contributed by atoms with Crippen LogP contribution in [-0.4, -0.2) is 30.4 Å². The molecule has 0 aliphatic carbocycles. The molecular weight excluding hydrogens is 397 g/mol. The van der Waals surface area contributed by atoms with E-state index in [2.05, 4.69) is 5.32 Å². The maximum atomic E-state index is 12.9. The molecule has 2 unspecified atom stereocenters. The third-order valence-electron chi connectivity index (χ3n) is 5.19. The topological polar surface area (TPSA) is 58.6 Å². The van der Waals surface area contributed by atoms with Gasteiger partial charge in [-0.3, -0.25) is 9.59 Å². The predicted molar refractivity (Wildman–Crippen MR) is 105 cm³/mol. The minimum Gasteiger partial charge on any atom is -0.497 e. The van der Waals surface area contributed by atoms with Crippen LogP contribution in [0.15, 0.2) is 48.5 Å². The van der Waals surface area contributed by atoms with Crippen molar-refractivity contribution < 1.29 is 27.5 Å². The fourth-order valence-electron chi connectivity index (χ4n) is 3.45. The number of alkyl halides is 3. The van der Waals surface area contributed by atoms with E-state index in [4.69, 9.17) is 4.74 Å².